The zero-order valence-electron chi connectivity index (χ0n) is 9.44. The number of hydrogen-bond acceptors (Lipinski definition) is 1. The van der Waals surface area contributed by atoms with Crippen LogP contribution in [-0.4, -0.2) is 12.2 Å². The molecule has 1 nitrogen and oxygen atoms in total. The highest BCUT2D eigenvalue weighted by Crippen LogP contribution is 2.34. The largest absolute Gasteiger partial charge is 0.375 e. The first-order valence-electron chi connectivity index (χ1n) is 5.80. The van der Waals surface area contributed by atoms with Crippen LogP contribution in [-0.2, 0) is 4.74 Å². The van der Waals surface area contributed by atoms with Crippen molar-refractivity contribution in [2.24, 2.45) is 5.92 Å². The summed E-state index contributed by atoms with van der Waals surface area (Å²) in [6.45, 7) is 7.82. The number of ether oxygens (including phenoxy) is 1. The molecule has 13 heavy (non-hydrogen) atoms. The van der Waals surface area contributed by atoms with Gasteiger partial charge in [0.25, 0.3) is 0 Å². The lowest BCUT2D eigenvalue weighted by atomic mass is 9.80. The summed E-state index contributed by atoms with van der Waals surface area (Å²) in [4.78, 5) is 0. The Kier molecular flexibility index (Phi) is 4.24. The Morgan fingerprint density at radius 3 is 2.46 bits per heavy atom. The van der Waals surface area contributed by atoms with E-state index < -0.39 is 0 Å². The lowest BCUT2D eigenvalue weighted by Crippen LogP contribution is -2.33. The maximum Gasteiger partial charge on any atom is 0.0654 e. The summed E-state index contributed by atoms with van der Waals surface area (Å²) < 4.78 is 5.96. The van der Waals surface area contributed by atoms with Crippen molar-refractivity contribution in [1.29, 1.82) is 0 Å². The van der Waals surface area contributed by atoms with Crippen molar-refractivity contribution in [2.45, 2.75) is 64.9 Å². The third-order valence-corrected chi connectivity index (χ3v) is 3.28. The molecule has 78 valence electrons. The third-order valence-electron chi connectivity index (χ3n) is 3.28. The topological polar surface area (TPSA) is 9.23 Å². The fourth-order valence-corrected chi connectivity index (χ4v) is 1.98. The number of rotatable bonds is 4. The molecule has 1 rings (SSSR count). The van der Waals surface area contributed by atoms with Crippen LogP contribution in [0.25, 0.3) is 0 Å². The van der Waals surface area contributed by atoms with Crippen molar-refractivity contribution in [1.82, 2.24) is 0 Å². The molecule has 0 heterocycles. The van der Waals surface area contributed by atoms with Gasteiger partial charge in [-0.1, -0.05) is 20.3 Å². The maximum atomic E-state index is 5.96. The van der Waals surface area contributed by atoms with E-state index in [0.29, 0.717) is 0 Å². The molecule has 0 aliphatic heterocycles. The van der Waals surface area contributed by atoms with Gasteiger partial charge < -0.3 is 4.74 Å². The van der Waals surface area contributed by atoms with Crippen LogP contribution in [0.15, 0.2) is 0 Å². The molecule has 0 N–H and O–H groups in total. The number of unbranched alkanes of at least 4 members (excludes halogenated alkanes) is 1. The van der Waals surface area contributed by atoms with Crippen molar-refractivity contribution in [3.05, 3.63) is 0 Å². The molecule has 0 spiro atoms. The van der Waals surface area contributed by atoms with Gasteiger partial charge in [0.05, 0.1) is 5.60 Å². The van der Waals surface area contributed by atoms with E-state index >= 15 is 0 Å². The highest BCUT2D eigenvalue weighted by Gasteiger charge is 2.29. The van der Waals surface area contributed by atoms with Crippen LogP contribution in [0, 0.1) is 5.92 Å². The van der Waals surface area contributed by atoms with Gasteiger partial charge >= 0.3 is 0 Å². The van der Waals surface area contributed by atoms with Crippen molar-refractivity contribution in [2.75, 3.05) is 6.61 Å². The molecule has 0 aromatic rings. The van der Waals surface area contributed by atoms with Crippen LogP contribution < -0.4 is 0 Å². The Morgan fingerprint density at radius 1 is 1.31 bits per heavy atom. The molecule has 0 radical (unpaired) electrons. The molecule has 0 aromatic carbocycles. The monoisotopic (exact) mass is 184 g/mol. The molecule has 0 amide bonds. The zero-order valence-corrected chi connectivity index (χ0v) is 9.44. The summed E-state index contributed by atoms with van der Waals surface area (Å²) in [5.74, 6) is 0.919. The highest BCUT2D eigenvalue weighted by molar-refractivity contribution is 4.81. The first kappa shape index (κ1) is 11.0. The highest BCUT2D eigenvalue weighted by atomic mass is 16.5. The molecule has 1 fully saturated rings. The third kappa shape index (κ3) is 3.68. The molecule has 0 atom stereocenters. The molecule has 0 unspecified atom stereocenters. The Labute approximate surface area is 82.9 Å². The zero-order chi connectivity index (χ0) is 9.73. The lowest BCUT2D eigenvalue weighted by Gasteiger charge is -2.36. The fourth-order valence-electron chi connectivity index (χ4n) is 1.98. The Bertz CT molecular complexity index is 134. The van der Waals surface area contributed by atoms with Crippen molar-refractivity contribution in [3.63, 3.8) is 0 Å². The lowest BCUT2D eigenvalue weighted by molar-refractivity contribution is -0.0641. The van der Waals surface area contributed by atoms with Crippen molar-refractivity contribution < 1.29 is 4.74 Å². The van der Waals surface area contributed by atoms with Gasteiger partial charge in [-0.15, -0.1) is 0 Å². The van der Waals surface area contributed by atoms with Crippen LogP contribution in [0.4, 0.5) is 0 Å². The van der Waals surface area contributed by atoms with E-state index in [4.69, 9.17) is 4.74 Å². The minimum atomic E-state index is 0.210. The van der Waals surface area contributed by atoms with E-state index in [2.05, 4.69) is 20.8 Å². The fraction of sp³-hybridized carbons (Fsp3) is 1.00. The van der Waals surface area contributed by atoms with Crippen molar-refractivity contribution in [3.8, 4) is 0 Å². The molecular weight excluding hydrogens is 160 g/mol. The van der Waals surface area contributed by atoms with Crippen LogP contribution >= 0.6 is 0 Å². The van der Waals surface area contributed by atoms with Gasteiger partial charge in [0, 0.05) is 6.61 Å². The van der Waals surface area contributed by atoms with Gasteiger partial charge in [0.15, 0.2) is 0 Å². The molecule has 1 aliphatic rings. The van der Waals surface area contributed by atoms with Gasteiger partial charge in [0.1, 0.15) is 0 Å². The number of hydrogen-bond donors (Lipinski definition) is 0. The predicted octanol–water partition coefficient (Wildman–Crippen LogP) is 3.77. The summed E-state index contributed by atoms with van der Waals surface area (Å²) in [5, 5.41) is 0. The molecule has 1 saturated carbocycles. The Morgan fingerprint density at radius 2 is 1.92 bits per heavy atom. The second-order valence-electron chi connectivity index (χ2n) is 4.83. The molecule has 1 aliphatic carbocycles. The first-order chi connectivity index (χ1) is 6.16. The molecular formula is C12H24O. The van der Waals surface area contributed by atoms with Crippen LogP contribution in [0.2, 0.25) is 0 Å². The van der Waals surface area contributed by atoms with E-state index in [9.17, 15) is 0 Å². The average molecular weight is 184 g/mol. The summed E-state index contributed by atoms with van der Waals surface area (Å²) in [6.07, 6.45) is 7.68. The minimum Gasteiger partial charge on any atom is -0.375 e. The standard InChI is InChI=1S/C12H24O/c1-4-5-10-13-12(3)8-6-11(2)7-9-12/h11H,4-10H2,1-3H3. The Balaban J connectivity index is 2.22. The molecule has 0 aromatic heterocycles. The van der Waals surface area contributed by atoms with Gasteiger partial charge in [-0.3, -0.25) is 0 Å². The SMILES string of the molecule is CCCCOC1(C)CCC(C)CC1. The van der Waals surface area contributed by atoms with Crippen LogP contribution in [0.1, 0.15) is 59.3 Å². The quantitative estimate of drug-likeness (QED) is 0.604. The average Bonchev–Trinajstić information content (AvgIpc) is 2.12. The van der Waals surface area contributed by atoms with Gasteiger partial charge in [-0.25, -0.2) is 0 Å². The molecule has 1 heteroatoms. The summed E-state index contributed by atoms with van der Waals surface area (Å²) in [5.41, 5.74) is 0.210. The summed E-state index contributed by atoms with van der Waals surface area (Å²) in [6, 6.07) is 0. The Hall–Kier alpha value is -0.0400. The van der Waals surface area contributed by atoms with Gasteiger partial charge in [-0.2, -0.15) is 0 Å². The van der Waals surface area contributed by atoms with Crippen LogP contribution in [0.3, 0.4) is 0 Å². The molecule has 0 saturated heterocycles. The molecule has 0 bridgehead atoms. The van der Waals surface area contributed by atoms with E-state index in [1.165, 1.54) is 38.5 Å². The van der Waals surface area contributed by atoms with Gasteiger partial charge in [0.2, 0.25) is 0 Å². The van der Waals surface area contributed by atoms with E-state index in [-0.39, 0.29) is 5.60 Å². The van der Waals surface area contributed by atoms with Gasteiger partial charge in [-0.05, 0) is 44.9 Å². The second kappa shape index (κ2) is 4.99. The van der Waals surface area contributed by atoms with E-state index in [0.717, 1.165) is 12.5 Å². The van der Waals surface area contributed by atoms with E-state index in [1.54, 1.807) is 0 Å². The first-order valence-corrected chi connectivity index (χ1v) is 5.80. The maximum absolute atomic E-state index is 5.96. The smallest absolute Gasteiger partial charge is 0.0654 e. The summed E-state index contributed by atoms with van der Waals surface area (Å²) >= 11 is 0. The van der Waals surface area contributed by atoms with Crippen molar-refractivity contribution >= 4 is 0 Å². The normalized spacial score (nSPS) is 34.8. The minimum absolute atomic E-state index is 0.210. The second-order valence-corrected chi connectivity index (χ2v) is 4.83. The predicted molar refractivity (Wildman–Crippen MR) is 56.9 cm³/mol. The van der Waals surface area contributed by atoms with E-state index in [1.807, 2.05) is 0 Å². The summed E-state index contributed by atoms with van der Waals surface area (Å²) in [7, 11) is 0. The van der Waals surface area contributed by atoms with Crippen LogP contribution in [0.5, 0.6) is 0 Å².